The van der Waals surface area contributed by atoms with E-state index in [1.165, 1.54) is 4.31 Å². The molecule has 1 fully saturated rings. The van der Waals surface area contributed by atoms with Gasteiger partial charge in [0.25, 0.3) is 10.0 Å². The zero-order valence-electron chi connectivity index (χ0n) is 12.5. The summed E-state index contributed by atoms with van der Waals surface area (Å²) in [6.45, 7) is 5.61. The predicted molar refractivity (Wildman–Crippen MR) is 77.5 cm³/mol. The van der Waals surface area contributed by atoms with E-state index >= 15 is 0 Å². The standard InChI is InChI=1S/C13H23N3O4S/c1-3-15-10-13(14-11(15)2)21(18,19)16-6-4-12(5-7-16)20-9-8-17/h10,12,17H,3-9H2,1-2H3. The zero-order valence-corrected chi connectivity index (χ0v) is 13.3. The van der Waals surface area contributed by atoms with E-state index in [-0.39, 0.29) is 17.7 Å². The highest BCUT2D eigenvalue weighted by atomic mass is 32.2. The molecular weight excluding hydrogens is 294 g/mol. The van der Waals surface area contributed by atoms with Crippen LogP contribution in [0.5, 0.6) is 0 Å². The van der Waals surface area contributed by atoms with Gasteiger partial charge in [0.1, 0.15) is 5.82 Å². The third kappa shape index (κ3) is 3.63. The molecule has 0 saturated carbocycles. The number of ether oxygens (including phenoxy) is 1. The maximum Gasteiger partial charge on any atom is 0.262 e. The number of aromatic nitrogens is 2. The highest BCUT2D eigenvalue weighted by Crippen LogP contribution is 2.21. The van der Waals surface area contributed by atoms with Crippen molar-refractivity contribution in [1.29, 1.82) is 0 Å². The molecule has 0 amide bonds. The Morgan fingerprint density at radius 3 is 2.62 bits per heavy atom. The van der Waals surface area contributed by atoms with Crippen LogP contribution in [0.15, 0.2) is 11.2 Å². The van der Waals surface area contributed by atoms with Crippen molar-refractivity contribution in [2.75, 3.05) is 26.3 Å². The molecule has 1 N–H and O–H groups in total. The normalized spacial score (nSPS) is 18.2. The molecule has 0 radical (unpaired) electrons. The number of hydrogen-bond acceptors (Lipinski definition) is 5. The number of aryl methyl sites for hydroxylation is 2. The molecular formula is C13H23N3O4S. The lowest BCUT2D eigenvalue weighted by Crippen LogP contribution is -2.41. The third-order valence-electron chi connectivity index (χ3n) is 3.74. The van der Waals surface area contributed by atoms with Gasteiger partial charge in [0.15, 0.2) is 5.03 Å². The van der Waals surface area contributed by atoms with Gasteiger partial charge in [-0.15, -0.1) is 0 Å². The van der Waals surface area contributed by atoms with Crippen LogP contribution in [0.2, 0.25) is 0 Å². The lowest BCUT2D eigenvalue weighted by Gasteiger charge is -2.30. The second-order valence-corrected chi connectivity index (χ2v) is 7.00. The molecule has 21 heavy (non-hydrogen) atoms. The lowest BCUT2D eigenvalue weighted by molar-refractivity contribution is 0.00316. The van der Waals surface area contributed by atoms with Crippen molar-refractivity contribution in [3.8, 4) is 0 Å². The van der Waals surface area contributed by atoms with Crippen molar-refractivity contribution >= 4 is 10.0 Å². The molecule has 0 aliphatic carbocycles. The van der Waals surface area contributed by atoms with E-state index in [1.807, 2.05) is 11.5 Å². The number of rotatable bonds is 6. The molecule has 0 unspecified atom stereocenters. The Morgan fingerprint density at radius 1 is 1.43 bits per heavy atom. The maximum absolute atomic E-state index is 12.6. The number of hydrogen-bond donors (Lipinski definition) is 1. The topological polar surface area (TPSA) is 84.7 Å². The fourth-order valence-electron chi connectivity index (χ4n) is 2.51. The number of aliphatic hydroxyl groups excluding tert-OH is 1. The molecule has 0 aromatic carbocycles. The second kappa shape index (κ2) is 6.87. The van der Waals surface area contributed by atoms with Crippen LogP contribution >= 0.6 is 0 Å². The molecule has 0 spiro atoms. The van der Waals surface area contributed by atoms with Gasteiger partial charge in [-0.3, -0.25) is 0 Å². The van der Waals surface area contributed by atoms with Crippen molar-refractivity contribution < 1.29 is 18.3 Å². The van der Waals surface area contributed by atoms with Gasteiger partial charge in [-0.2, -0.15) is 4.31 Å². The average Bonchev–Trinajstić information content (AvgIpc) is 2.87. The monoisotopic (exact) mass is 317 g/mol. The fraction of sp³-hybridized carbons (Fsp3) is 0.769. The van der Waals surface area contributed by atoms with E-state index in [0.717, 1.165) is 0 Å². The zero-order chi connectivity index (χ0) is 15.5. The maximum atomic E-state index is 12.6. The first-order valence-corrected chi connectivity index (χ1v) is 8.69. The van der Waals surface area contributed by atoms with Crippen LogP contribution in [-0.4, -0.2) is 59.8 Å². The molecule has 1 aliphatic rings. The second-order valence-electron chi connectivity index (χ2n) is 5.11. The van der Waals surface area contributed by atoms with Gasteiger partial charge in [-0.05, 0) is 26.7 Å². The highest BCUT2D eigenvalue weighted by Gasteiger charge is 2.31. The first-order chi connectivity index (χ1) is 9.98. The molecule has 1 aromatic rings. The van der Waals surface area contributed by atoms with Crippen molar-refractivity contribution in [2.45, 2.75) is 44.4 Å². The summed E-state index contributed by atoms with van der Waals surface area (Å²) < 4.78 is 33.9. The number of imidazole rings is 1. The summed E-state index contributed by atoms with van der Waals surface area (Å²) in [6.07, 6.45) is 2.91. The summed E-state index contributed by atoms with van der Waals surface area (Å²) >= 11 is 0. The summed E-state index contributed by atoms with van der Waals surface area (Å²) in [4.78, 5) is 4.17. The Bertz CT molecular complexity index is 562. The largest absolute Gasteiger partial charge is 0.394 e. The molecule has 0 atom stereocenters. The Morgan fingerprint density at radius 2 is 2.10 bits per heavy atom. The first-order valence-electron chi connectivity index (χ1n) is 7.25. The Labute approximate surface area is 125 Å². The molecule has 2 rings (SSSR count). The predicted octanol–water partition coefficient (Wildman–Crippen LogP) is 0.373. The average molecular weight is 317 g/mol. The summed E-state index contributed by atoms with van der Waals surface area (Å²) in [5, 5.41) is 8.86. The fourth-order valence-corrected chi connectivity index (χ4v) is 3.98. The van der Waals surface area contributed by atoms with E-state index in [4.69, 9.17) is 9.84 Å². The third-order valence-corrected chi connectivity index (χ3v) is 5.51. The van der Waals surface area contributed by atoms with Crippen molar-refractivity contribution in [1.82, 2.24) is 13.9 Å². The lowest BCUT2D eigenvalue weighted by atomic mass is 10.1. The van der Waals surface area contributed by atoms with Gasteiger partial charge in [0.2, 0.25) is 0 Å². The number of piperidine rings is 1. The minimum absolute atomic E-state index is 0.00770. The van der Waals surface area contributed by atoms with Crippen molar-refractivity contribution in [3.05, 3.63) is 12.0 Å². The van der Waals surface area contributed by atoms with Crippen LogP contribution in [0.1, 0.15) is 25.6 Å². The van der Waals surface area contributed by atoms with Gasteiger partial charge < -0.3 is 14.4 Å². The van der Waals surface area contributed by atoms with E-state index in [9.17, 15) is 8.42 Å². The quantitative estimate of drug-likeness (QED) is 0.819. The molecule has 0 bridgehead atoms. The molecule has 1 aromatic heterocycles. The Kier molecular flexibility index (Phi) is 5.37. The summed E-state index contributed by atoms with van der Waals surface area (Å²) in [5.41, 5.74) is 0. The molecule has 1 aliphatic heterocycles. The Balaban J connectivity index is 2.04. The van der Waals surface area contributed by atoms with E-state index in [2.05, 4.69) is 4.98 Å². The van der Waals surface area contributed by atoms with Crippen molar-refractivity contribution in [3.63, 3.8) is 0 Å². The van der Waals surface area contributed by atoms with E-state index in [1.54, 1.807) is 13.1 Å². The van der Waals surface area contributed by atoms with Gasteiger partial charge in [-0.1, -0.05) is 0 Å². The van der Waals surface area contributed by atoms with Crippen LogP contribution in [0.3, 0.4) is 0 Å². The van der Waals surface area contributed by atoms with Gasteiger partial charge in [0, 0.05) is 25.8 Å². The summed E-state index contributed by atoms with van der Waals surface area (Å²) in [6, 6.07) is 0. The van der Waals surface area contributed by atoms with Gasteiger partial charge >= 0.3 is 0 Å². The van der Waals surface area contributed by atoms with Crippen molar-refractivity contribution in [2.24, 2.45) is 0 Å². The highest BCUT2D eigenvalue weighted by molar-refractivity contribution is 7.89. The molecule has 1 saturated heterocycles. The van der Waals surface area contributed by atoms with Gasteiger partial charge in [-0.25, -0.2) is 13.4 Å². The number of sulfonamides is 1. The molecule has 7 nitrogen and oxygen atoms in total. The van der Waals surface area contributed by atoms with E-state index < -0.39 is 10.0 Å². The summed E-state index contributed by atoms with van der Waals surface area (Å²) in [7, 11) is -3.52. The number of nitrogens with zero attached hydrogens (tertiary/aromatic N) is 3. The van der Waals surface area contributed by atoms with Crippen LogP contribution in [-0.2, 0) is 21.3 Å². The van der Waals surface area contributed by atoms with Gasteiger partial charge in [0.05, 0.1) is 19.3 Å². The Hall–Kier alpha value is -0.960. The SMILES string of the molecule is CCn1cc(S(=O)(=O)N2CCC(OCCO)CC2)nc1C. The van der Waals surface area contributed by atoms with Crippen LogP contribution in [0.4, 0.5) is 0 Å². The number of aliphatic hydroxyl groups is 1. The minimum atomic E-state index is -3.52. The smallest absolute Gasteiger partial charge is 0.262 e. The molecule has 120 valence electrons. The summed E-state index contributed by atoms with van der Waals surface area (Å²) in [5.74, 6) is 0.706. The van der Waals surface area contributed by atoms with Crippen LogP contribution in [0.25, 0.3) is 0 Å². The molecule has 8 heteroatoms. The van der Waals surface area contributed by atoms with Crippen LogP contribution in [0, 0.1) is 6.92 Å². The van der Waals surface area contributed by atoms with E-state index in [0.29, 0.717) is 44.9 Å². The van der Waals surface area contributed by atoms with Crippen LogP contribution < -0.4 is 0 Å². The first kappa shape index (κ1) is 16.4. The molecule has 2 heterocycles. The minimum Gasteiger partial charge on any atom is -0.394 e.